The lowest BCUT2D eigenvalue weighted by Crippen LogP contribution is -2.25. The first kappa shape index (κ1) is 12.8. The van der Waals surface area contributed by atoms with Crippen molar-refractivity contribution < 1.29 is 22.0 Å². The van der Waals surface area contributed by atoms with Crippen molar-refractivity contribution in [2.24, 2.45) is 0 Å². The van der Waals surface area contributed by atoms with Gasteiger partial charge in [-0.05, 0) is 31.2 Å². The summed E-state index contributed by atoms with van der Waals surface area (Å²) in [6, 6.07) is 5.18. The number of benzene rings is 1. The molecule has 1 heterocycles. The van der Waals surface area contributed by atoms with Crippen LogP contribution in [0, 0.1) is 5.82 Å². The van der Waals surface area contributed by atoms with Gasteiger partial charge in [-0.2, -0.15) is 0 Å². The van der Waals surface area contributed by atoms with Crippen molar-refractivity contribution >= 4 is 26.6 Å². The molecule has 0 amide bonds. The van der Waals surface area contributed by atoms with E-state index in [0.29, 0.717) is 11.0 Å². The highest BCUT2D eigenvalue weighted by Crippen LogP contribution is 2.22. The van der Waals surface area contributed by atoms with E-state index in [4.69, 9.17) is 4.42 Å². The number of furan rings is 1. The minimum absolute atomic E-state index is 0.0754. The number of halogens is 1. The van der Waals surface area contributed by atoms with E-state index in [-0.39, 0.29) is 5.76 Å². The van der Waals surface area contributed by atoms with E-state index >= 15 is 0 Å². The lowest BCUT2D eigenvalue weighted by molar-refractivity contribution is 0.0967. The first-order chi connectivity index (χ1) is 8.29. The van der Waals surface area contributed by atoms with Crippen LogP contribution >= 0.6 is 0 Å². The van der Waals surface area contributed by atoms with Gasteiger partial charge in [-0.25, -0.2) is 12.8 Å². The van der Waals surface area contributed by atoms with Crippen LogP contribution in [-0.2, 0) is 9.84 Å². The van der Waals surface area contributed by atoms with Gasteiger partial charge in [0.1, 0.15) is 16.7 Å². The van der Waals surface area contributed by atoms with Gasteiger partial charge in [0.15, 0.2) is 15.6 Å². The van der Waals surface area contributed by atoms with Crippen LogP contribution in [-0.4, -0.2) is 25.7 Å². The van der Waals surface area contributed by atoms with Gasteiger partial charge in [-0.1, -0.05) is 0 Å². The van der Waals surface area contributed by atoms with E-state index < -0.39 is 26.7 Å². The number of sulfone groups is 1. The third kappa shape index (κ3) is 2.28. The highest BCUT2D eigenvalue weighted by molar-refractivity contribution is 7.92. The normalized spacial score (nSPS) is 13.7. The van der Waals surface area contributed by atoms with Crippen LogP contribution in [0.5, 0.6) is 0 Å². The summed E-state index contributed by atoms with van der Waals surface area (Å²) < 4.78 is 40.8. The molecule has 2 aromatic rings. The molecule has 0 saturated carbocycles. The van der Waals surface area contributed by atoms with Crippen molar-refractivity contribution in [3.8, 4) is 0 Å². The molecular weight excluding hydrogens is 259 g/mol. The average Bonchev–Trinajstić information content (AvgIpc) is 2.68. The quantitative estimate of drug-likeness (QED) is 0.802. The van der Waals surface area contributed by atoms with Crippen molar-refractivity contribution in [3.63, 3.8) is 0 Å². The molecule has 0 saturated heterocycles. The SMILES string of the molecule is CC(C(=O)c1cc2cc(F)ccc2o1)S(C)(=O)=O. The molecule has 0 aliphatic heterocycles. The Morgan fingerprint density at radius 2 is 2.00 bits per heavy atom. The largest absolute Gasteiger partial charge is 0.453 e. The Balaban J connectivity index is 2.46. The molecule has 1 atom stereocenters. The van der Waals surface area contributed by atoms with E-state index in [2.05, 4.69) is 0 Å². The molecule has 4 nitrogen and oxygen atoms in total. The molecule has 0 N–H and O–H groups in total. The Morgan fingerprint density at radius 3 is 2.61 bits per heavy atom. The maximum Gasteiger partial charge on any atom is 0.215 e. The van der Waals surface area contributed by atoms with Crippen LogP contribution in [0.2, 0.25) is 0 Å². The van der Waals surface area contributed by atoms with E-state index in [1.807, 2.05) is 0 Å². The second-order valence-corrected chi connectivity index (χ2v) is 6.49. The van der Waals surface area contributed by atoms with Crippen LogP contribution < -0.4 is 0 Å². The third-order valence-corrected chi connectivity index (χ3v) is 4.23. The van der Waals surface area contributed by atoms with Crippen molar-refractivity contribution in [1.29, 1.82) is 0 Å². The number of hydrogen-bond acceptors (Lipinski definition) is 4. The summed E-state index contributed by atoms with van der Waals surface area (Å²) in [5, 5.41) is -0.748. The van der Waals surface area contributed by atoms with Crippen LogP contribution in [0.4, 0.5) is 4.39 Å². The first-order valence-electron chi connectivity index (χ1n) is 5.21. The topological polar surface area (TPSA) is 64.3 Å². The fraction of sp³-hybridized carbons (Fsp3) is 0.250. The third-order valence-electron chi connectivity index (χ3n) is 2.73. The molecule has 96 valence electrons. The molecule has 2 rings (SSSR count). The van der Waals surface area contributed by atoms with Gasteiger partial charge in [0.2, 0.25) is 5.78 Å². The lowest BCUT2D eigenvalue weighted by Gasteiger charge is -2.04. The molecule has 0 bridgehead atoms. The fourth-order valence-corrected chi connectivity index (χ4v) is 2.04. The lowest BCUT2D eigenvalue weighted by atomic mass is 10.2. The molecular formula is C12H11FO4S. The smallest absolute Gasteiger partial charge is 0.215 e. The molecule has 1 aromatic heterocycles. The molecule has 18 heavy (non-hydrogen) atoms. The Bertz CT molecular complexity index is 715. The maximum absolute atomic E-state index is 13.0. The second-order valence-electron chi connectivity index (χ2n) is 4.13. The van der Waals surface area contributed by atoms with Crippen LogP contribution in [0.25, 0.3) is 11.0 Å². The Morgan fingerprint density at radius 1 is 1.33 bits per heavy atom. The van der Waals surface area contributed by atoms with E-state index in [0.717, 1.165) is 6.26 Å². The molecule has 1 aromatic carbocycles. The zero-order chi connectivity index (χ0) is 13.5. The van der Waals surface area contributed by atoms with Crippen LogP contribution in [0.1, 0.15) is 17.5 Å². The van der Waals surface area contributed by atoms with Crippen molar-refractivity contribution in [2.45, 2.75) is 12.2 Å². The molecule has 0 spiro atoms. The Kier molecular flexibility index (Phi) is 2.98. The zero-order valence-corrected chi connectivity index (χ0v) is 10.6. The summed E-state index contributed by atoms with van der Waals surface area (Å²) >= 11 is 0. The number of carbonyl (C=O) groups is 1. The standard InChI is InChI=1S/C12H11FO4S/c1-7(18(2,15)16)12(14)11-6-8-5-9(13)3-4-10(8)17-11/h3-7H,1-2H3. The van der Waals surface area contributed by atoms with Gasteiger partial charge in [-0.15, -0.1) is 0 Å². The average molecular weight is 270 g/mol. The number of hydrogen-bond donors (Lipinski definition) is 0. The molecule has 0 aliphatic carbocycles. The first-order valence-corrected chi connectivity index (χ1v) is 7.16. The minimum Gasteiger partial charge on any atom is -0.453 e. The maximum atomic E-state index is 13.0. The Labute approximate surface area is 103 Å². The molecule has 1 unspecified atom stereocenters. The fourth-order valence-electron chi connectivity index (χ4n) is 1.53. The second kappa shape index (κ2) is 4.20. The predicted octanol–water partition coefficient (Wildman–Crippen LogP) is 2.19. The Hall–Kier alpha value is -1.69. The molecule has 6 heteroatoms. The summed E-state index contributed by atoms with van der Waals surface area (Å²) in [6.07, 6.45) is 0.984. The van der Waals surface area contributed by atoms with Crippen molar-refractivity contribution in [3.05, 3.63) is 35.8 Å². The number of fused-ring (bicyclic) bond motifs is 1. The monoisotopic (exact) mass is 270 g/mol. The number of rotatable bonds is 3. The van der Waals surface area contributed by atoms with Crippen LogP contribution in [0.3, 0.4) is 0 Å². The van der Waals surface area contributed by atoms with Gasteiger partial charge in [0.05, 0.1) is 0 Å². The van der Waals surface area contributed by atoms with Gasteiger partial charge >= 0.3 is 0 Å². The predicted molar refractivity (Wildman–Crippen MR) is 64.8 cm³/mol. The van der Waals surface area contributed by atoms with Crippen molar-refractivity contribution in [2.75, 3.05) is 6.26 Å². The molecule has 0 aliphatic rings. The summed E-state index contributed by atoms with van der Waals surface area (Å²) in [6.45, 7) is 1.30. The van der Waals surface area contributed by atoms with Crippen LogP contribution in [0.15, 0.2) is 28.7 Å². The van der Waals surface area contributed by atoms with Crippen molar-refractivity contribution in [1.82, 2.24) is 0 Å². The van der Waals surface area contributed by atoms with Gasteiger partial charge in [-0.3, -0.25) is 4.79 Å². The van der Waals surface area contributed by atoms with Gasteiger partial charge in [0, 0.05) is 11.6 Å². The minimum atomic E-state index is -3.48. The summed E-state index contributed by atoms with van der Waals surface area (Å²) in [7, 11) is -3.48. The van der Waals surface area contributed by atoms with Gasteiger partial charge in [0.25, 0.3) is 0 Å². The van der Waals surface area contributed by atoms with E-state index in [1.165, 1.54) is 31.2 Å². The summed E-state index contributed by atoms with van der Waals surface area (Å²) in [4.78, 5) is 11.9. The summed E-state index contributed by atoms with van der Waals surface area (Å²) in [5.41, 5.74) is 0.348. The van der Waals surface area contributed by atoms with E-state index in [9.17, 15) is 17.6 Å². The summed E-state index contributed by atoms with van der Waals surface area (Å²) in [5.74, 6) is -1.15. The number of carbonyl (C=O) groups excluding carboxylic acids is 1. The highest BCUT2D eigenvalue weighted by atomic mass is 32.2. The number of ketones is 1. The highest BCUT2D eigenvalue weighted by Gasteiger charge is 2.27. The van der Waals surface area contributed by atoms with Gasteiger partial charge < -0.3 is 4.42 Å². The number of Topliss-reactive ketones (excluding diaryl/α,β-unsaturated/α-hetero) is 1. The van der Waals surface area contributed by atoms with E-state index in [1.54, 1.807) is 0 Å². The zero-order valence-electron chi connectivity index (χ0n) is 9.81. The molecule has 0 radical (unpaired) electrons. The molecule has 0 fully saturated rings.